The van der Waals surface area contributed by atoms with E-state index in [0.717, 1.165) is 0 Å². The van der Waals surface area contributed by atoms with E-state index in [9.17, 15) is 21.6 Å². The summed E-state index contributed by atoms with van der Waals surface area (Å²) in [5, 5.41) is 0. The molecule has 0 amide bonds. The second-order valence-electron chi connectivity index (χ2n) is 2.75. The monoisotopic (exact) mass is 223 g/mol. The van der Waals surface area contributed by atoms with Crippen LogP contribution < -0.4 is 0 Å². The first-order chi connectivity index (χ1) is 6.29. The fourth-order valence-electron chi connectivity index (χ4n) is 0.911. The second kappa shape index (κ2) is 3.61. The third-order valence-electron chi connectivity index (χ3n) is 1.46. The van der Waals surface area contributed by atoms with E-state index in [2.05, 4.69) is 6.26 Å². The predicted octanol–water partition coefficient (Wildman–Crippen LogP) is 1.81. The van der Waals surface area contributed by atoms with Crippen molar-refractivity contribution in [2.45, 2.75) is 5.75 Å². The van der Waals surface area contributed by atoms with Gasteiger partial charge in [0, 0.05) is 11.6 Å². The molecular formula is C8H6F3O2S. The highest BCUT2D eigenvalue weighted by Gasteiger charge is 2.13. The van der Waals surface area contributed by atoms with Gasteiger partial charge in [0.15, 0.2) is 21.5 Å². The smallest absolute Gasteiger partial charge is 0.161 e. The normalized spacial score (nSPS) is 11.7. The lowest BCUT2D eigenvalue weighted by Gasteiger charge is -2.02. The molecule has 0 N–H and O–H groups in total. The van der Waals surface area contributed by atoms with E-state index in [1.165, 1.54) is 0 Å². The lowest BCUT2D eigenvalue weighted by atomic mass is 10.2. The van der Waals surface area contributed by atoms with Crippen molar-refractivity contribution in [2.75, 3.05) is 0 Å². The van der Waals surface area contributed by atoms with E-state index < -0.39 is 38.6 Å². The summed E-state index contributed by atoms with van der Waals surface area (Å²) >= 11 is 0. The second-order valence-corrected chi connectivity index (χ2v) is 4.52. The summed E-state index contributed by atoms with van der Waals surface area (Å²) in [6.45, 7) is 0. The van der Waals surface area contributed by atoms with Crippen molar-refractivity contribution in [1.29, 1.82) is 0 Å². The highest BCUT2D eigenvalue weighted by molar-refractivity contribution is 7.91. The third-order valence-corrected chi connectivity index (χ3v) is 2.22. The minimum Gasteiger partial charge on any atom is -0.228 e. The number of hydrogen-bond acceptors (Lipinski definition) is 2. The van der Waals surface area contributed by atoms with Gasteiger partial charge in [-0.05, 0) is 6.07 Å². The minimum atomic E-state index is -3.71. The van der Waals surface area contributed by atoms with E-state index in [0.29, 0.717) is 12.1 Å². The minimum absolute atomic E-state index is 0.301. The van der Waals surface area contributed by atoms with Gasteiger partial charge in [0.05, 0.1) is 12.0 Å². The van der Waals surface area contributed by atoms with Gasteiger partial charge in [-0.3, -0.25) is 0 Å². The van der Waals surface area contributed by atoms with Crippen molar-refractivity contribution >= 4 is 9.84 Å². The molecule has 0 aliphatic carbocycles. The van der Waals surface area contributed by atoms with Gasteiger partial charge in [0.1, 0.15) is 5.82 Å². The molecule has 6 heteroatoms. The molecule has 1 rings (SSSR count). The third kappa shape index (κ3) is 2.73. The summed E-state index contributed by atoms with van der Waals surface area (Å²) < 4.78 is 59.2. The van der Waals surface area contributed by atoms with Gasteiger partial charge in [-0.1, -0.05) is 0 Å². The molecule has 77 valence electrons. The number of halogens is 3. The molecule has 1 aromatic carbocycles. The molecule has 0 spiro atoms. The molecule has 0 bridgehead atoms. The average molecular weight is 223 g/mol. The maximum Gasteiger partial charge on any atom is 0.161 e. The molecule has 0 heterocycles. The van der Waals surface area contributed by atoms with Crippen molar-refractivity contribution in [3.8, 4) is 0 Å². The lowest BCUT2D eigenvalue weighted by molar-refractivity contribution is 0.491. The Morgan fingerprint density at radius 3 is 2.07 bits per heavy atom. The van der Waals surface area contributed by atoms with Crippen molar-refractivity contribution in [2.24, 2.45) is 0 Å². The summed E-state index contributed by atoms with van der Waals surface area (Å²) in [6.07, 6.45) is 2.75. The van der Waals surface area contributed by atoms with Gasteiger partial charge in [-0.2, -0.15) is 0 Å². The van der Waals surface area contributed by atoms with Crippen LogP contribution in [0.25, 0.3) is 0 Å². The predicted molar refractivity (Wildman–Crippen MR) is 44.3 cm³/mol. The zero-order valence-electron chi connectivity index (χ0n) is 6.93. The first-order valence-corrected chi connectivity index (χ1v) is 5.31. The van der Waals surface area contributed by atoms with Crippen LogP contribution in [-0.4, -0.2) is 8.42 Å². The molecule has 0 aromatic heterocycles. The summed E-state index contributed by atoms with van der Waals surface area (Å²) in [5.74, 6) is -4.50. The van der Waals surface area contributed by atoms with Crippen LogP contribution in [0.5, 0.6) is 0 Å². The van der Waals surface area contributed by atoms with Crippen LogP contribution in [0.2, 0.25) is 0 Å². The Morgan fingerprint density at radius 1 is 1.07 bits per heavy atom. The van der Waals surface area contributed by atoms with Crippen molar-refractivity contribution in [3.05, 3.63) is 41.4 Å². The quantitative estimate of drug-likeness (QED) is 0.716. The Morgan fingerprint density at radius 2 is 1.57 bits per heavy atom. The Hall–Kier alpha value is -1.04. The van der Waals surface area contributed by atoms with Crippen LogP contribution in [0.15, 0.2) is 12.1 Å². The highest BCUT2D eigenvalue weighted by atomic mass is 32.2. The zero-order valence-corrected chi connectivity index (χ0v) is 7.74. The number of benzene rings is 1. The first-order valence-electron chi connectivity index (χ1n) is 3.49. The van der Waals surface area contributed by atoms with Gasteiger partial charge in [-0.25, -0.2) is 21.6 Å². The maximum atomic E-state index is 12.9. The summed E-state index contributed by atoms with van der Waals surface area (Å²) in [6, 6.07) is 0.809. The molecule has 1 aromatic rings. The van der Waals surface area contributed by atoms with Crippen molar-refractivity contribution in [1.82, 2.24) is 0 Å². The molecule has 0 fully saturated rings. The summed E-state index contributed by atoms with van der Waals surface area (Å²) in [4.78, 5) is 0. The van der Waals surface area contributed by atoms with Crippen LogP contribution in [0, 0.1) is 23.7 Å². The standard InChI is InChI=1S/C8H6F3O2S/c1-14(12,13)4-5-2-7(10)8(11)3-6(5)9/h2-3H,1,4H2. The molecule has 0 saturated heterocycles. The topological polar surface area (TPSA) is 34.1 Å². The Labute approximate surface area is 79.3 Å². The largest absolute Gasteiger partial charge is 0.228 e. The molecule has 0 atom stereocenters. The van der Waals surface area contributed by atoms with Gasteiger partial charge < -0.3 is 0 Å². The molecule has 2 nitrogen and oxygen atoms in total. The van der Waals surface area contributed by atoms with Crippen LogP contribution in [0.4, 0.5) is 13.2 Å². The van der Waals surface area contributed by atoms with Crippen LogP contribution in [-0.2, 0) is 15.6 Å². The van der Waals surface area contributed by atoms with Crippen molar-refractivity contribution < 1.29 is 21.6 Å². The Balaban J connectivity index is 3.17. The van der Waals surface area contributed by atoms with E-state index in [4.69, 9.17) is 0 Å². The van der Waals surface area contributed by atoms with Gasteiger partial charge in [0.2, 0.25) is 0 Å². The lowest BCUT2D eigenvalue weighted by Crippen LogP contribution is -2.02. The van der Waals surface area contributed by atoms with Gasteiger partial charge in [-0.15, -0.1) is 0 Å². The van der Waals surface area contributed by atoms with Gasteiger partial charge in [0.25, 0.3) is 0 Å². The highest BCUT2D eigenvalue weighted by Crippen LogP contribution is 2.15. The average Bonchev–Trinajstić information content (AvgIpc) is 1.97. The molecule has 14 heavy (non-hydrogen) atoms. The molecular weight excluding hydrogens is 217 g/mol. The molecule has 0 aliphatic rings. The van der Waals surface area contributed by atoms with E-state index >= 15 is 0 Å². The van der Waals surface area contributed by atoms with E-state index in [-0.39, 0.29) is 0 Å². The Kier molecular flexibility index (Phi) is 2.84. The Bertz CT molecular complexity index is 454. The summed E-state index contributed by atoms with van der Waals surface area (Å²) in [5.41, 5.74) is -0.432. The number of hydrogen-bond donors (Lipinski definition) is 0. The fourth-order valence-corrected chi connectivity index (χ4v) is 1.61. The summed E-state index contributed by atoms with van der Waals surface area (Å²) in [7, 11) is -3.71. The van der Waals surface area contributed by atoms with E-state index in [1.54, 1.807) is 0 Å². The zero-order chi connectivity index (χ0) is 10.9. The van der Waals surface area contributed by atoms with Crippen molar-refractivity contribution in [3.63, 3.8) is 0 Å². The SMILES string of the molecule is [CH2]S(=O)(=O)Cc1cc(F)c(F)cc1F. The number of sulfone groups is 1. The number of rotatable bonds is 2. The molecule has 1 radical (unpaired) electrons. The fraction of sp³-hybridized carbons (Fsp3) is 0.125. The van der Waals surface area contributed by atoms with E-state index in [1.807, 2.05) is 0 Å². The van der Waals surface area contributed by atoms with Crippen LogP contribution in [0.1, 0.15) is 5.56 Å². The molecule has 0 aliphatic heterocycles. The first kappa shape index (κ1) is 11.0. The molecule has 0 unspecified atom stereocenters. The maximum absolute atomic E-state index is 12.9. The molecule has 0 saturated carbocycles. The van der Waals surface area contributed by atoms with Gasteiger partial charge >= 0.3 is 0 Å². The van der Waals surface area contributed by atoms with Crippen LogP contribution >= 0.6 is 0 Å². The van der Waals surface area contributed by atoms with Crippen LogP contribution in [0.3, 0.4) is 0 Å².